The fourth-order valence-electron chi connectivity index (χ4n) is 1.32. The first-order valence-corrected chi connectivity index (χ1v) is 5.54. The van der Waals surface area contributed by atoms with Gasteiger partial charge in [-0.05, 0) is 25.1 Å². The molecule has 0 spiro atoms. The molecule has 0 aliphatic carbocycles. The lowest BCUT2D eigenvalue weighted by Crippen LogP contribution is -1.95. The standard InChI is InChI=1S/C13H9ClFNO2/c1-8(17)9-5-6-12(16-7-9)18-11-4-2-3-10(14)13(11)15/h2-7H,1H3. The maximum absolute atomic E-state index is 13.6. The molecule has 0 amide bonds. The molecule has 0 atom stereocenters. The van der Waals surface area contributed by atoms with Crippen molar-refractivity contribution in [3.63, 3.8) is 0 Å². The molecule has 0 aliphatic heterocycles. The molecule has 3 nitrogen and oxygen atoms in total. The van der Waals surface area contributed by atoms with Crippen LogP contribution in [0.4, 0.5) is 4.39 Å². The van der Waals surface area contributed by atoms with Crippen LogP contribution in [-0.4, -0.2) is 10.8 Å². The third-order valence-electron chi connectivity index (χ3n) is 2.27. The van der Waals surface area contributed by atoms with Gasteiger partial charge < -0.3 is 4.74 Å². The van der Waals surface area contributed by atoms with Gasteiger partial charge in [-0.2, -0.15) is 0 Å². The number of pyridine rings is 1. The van der Waals surface area contributed by atoms with Crippen molar-refractivity contribution in [3.8, 4) is 11.6 Å². The average molecular weight is 266 g/mol. The Bertz CT molecular complexity index is 584. The van der Waals surface area contributed by atoms with Crippen LogP contribution in [0.5, 0.6) is 11.6 Å². The van der Waals surface area contributed by atoms with Crippen molar-refractivity contribution in [2.75, 3.05) is 0 Å². The predicted octanol–water partition coefficient (Wildman–Crippen LogP) is 3.87. The fourth-order valence-corrected chi connectivity index (χ4v) is 1.49. The lowest BCUT2D eigenvalue weighted by molar-refractivity contribution is 0.101. The summed E-state index contributed by atoms with van der Waals surface area (Å²) in [5.41, 5.74) is 0.467. The van der Waals surface area contributed by atoms with Gasteiger partial charge in [0.2, 0.25) is 5.88 Å². The summed E-state index contributed by atoms with van der Waals surface area (Å²) < 4.78 is 18.8. The molecule has 0 fully saturated rings. The first-order valence-electron chi connectivity index (χ1n) is 5.17. The smallest absolute Gasteiger partial charge is 0.219 e. The maximum atomic E-state index is 13.6. The van der Waals surface area contributed by atoms with E-state index in [-0.39, 0.29) is 22.4 Å². The van der Waals surface area contributed by atoms with Crippen LogP contribution < -0.4 is 4.74 Å². The van der Waals surface area contributed by atoms with Crippen molar-refractivity contribution in [1.82, 2.24) is 4.98 Å². The Morgan fingerprint density at radius 2 is 2.11 bits per heavy atom. The lowest BCUT2D eigenvalue weighted by atomic mass is 10.2. The summed E-state index contributed by atoms with van der Waals surface area (Å²) in [5.74, 6) is -0.550. The first-order chi connectivity index (χ1) is 8.58. The predicted molar refractivity (Wildman–Crippen MR) is 65.7 cm³/mol. The van der Waals surface area contributed by atoms with Crippen LogP contribution in [0.2, 0.25) is 5.02 Å². The van der Waals surface area contributed by atoms with Gasteiger partial charge >= 0.3 is 0 Å². The highest BCUT2D eigenvalue weighted by Gasteiger charge is 2.09. The zero-order valence-electron chi connectivity index (χ0n) is 9.48. The van der Waals surface area contributed by atoms with Crippen molar-refractivity contribution >= 4 is 17.4 Å². The summed E-state index contributed by atoms with van der Waals surface area (Å²) in [4.78, 5) is 15.0. The molecule has 0 unspecified atom stereocenters. The van der Waals surface area contributed by atoms with Gasteiger partial charge in [-0.1, -0.05) is 17.7 Å². The van der Waals surface area contributed by atoms with Gasteiger partial charge in [-0.15, -0.1) is 0 Å². The van der Waals surface area contributed by atoms with Gasteiger partial charge in [0.15, 0.2) is 17.3 Å². The molecule has 0 aliphatic rings. The maximum Gasteiger partial charge on any atom is 0.219 e. The molecule has 0 saturated heterocycles. The highest BCUT2D eigenvalue weighted by molar-refractivity contribution is 6.30. The van der Waals surface area contributed by atoms with Gasteiger partial charge in [-0.25, -0.2) is 9.37 Å². The Balaban J connectivity index is 2.24. The summed E-state index contributed by atoms with van der Waals surface area (Å²) in [6, 6.07) is 7.51. The quantitative estimate of drug-likeness (QED) is 0.791. The van der Waals surface area contributed by atoms with E-state index >= 15 is 0 Å². The summed E-state index contributed by atoms with van der Waals surface area (Å²) in [6.45, 7) is 1.44. The number of carbonyl (C=O) groups excluding carboxylic acids is 1. The van der Waals surface area contributed by atoms with Crippen LogP contribution in [0.25, 0.3) is 0 Å². The number of ketones is 1. The topological polar surface area (TPSA) is 39.2 Å². The minimum absolute atomic E-state index is 0.00873. The van der Waals surface area contributed by atoms with E-state index in [0.29, 0.717) is 5.56 Å². The molecule has 0 N–H and O–H groups in total. The Hall–Kier alpha value is -1.94. The van der Waals surface area contributed by atoms with E-state index in [1.165, 1.54) is 31.3 Å². The first kappa shape index (κ1) is 12.5. The Morgan fingerprint density at radius 3 is 2.72 bits per heavy atom. The van der Waals surface area contributed by atoms with Gasteiger partial charge in [0, 0.05) is 17.8 Å². The second-order valence-corrected chi connectivity index (χ2v) is 4.00. The molecular weight excluding hydrogens is 257 g/mol. The molecule has 2 aromatic rings. The van der Waals surface area contributed by atoms with Crippen LogP contribution in [0.3, 0.4) is 0 Å². The Morgan fingerprint density at radius 1 is 1.33 bits per heavy atom. The van der Waals surface area contributed by atoms with E-state index in [1.807, 2.05) is 0 Å². The number of Topliss-reactive ketones (excluding diaryl/α,β-unsaturated/α-hetero) is 1. The third kappa shape index (κ3) is 2.65. The number of rotatable bonds is 3. The monoisotopic (exact) mass is 265 g/mol. The van der Waals surface area contributed by atoms with E-state index in [4.69, 9.17) is 16.3 Å². The SMILES string of the molecule is CC(=O)c1ccc(Oc2cccc(Cl)c2F)nc1. The van der Waals surface area contributed by atoms with Crippen molar-refractivity contribution in [1.29, 1.82) is 0 Å². The highest BCUT2D eigenvalue weighted by atomic mass is 35.5. The van der Waals surface area contributed by atoms with Crippen LogP contribution in [0, 0.1) is 5.82 Å². The summed E-state index contributed by atoms with van der Waals surface area (Å²) in [6.07, 6.45) is 1.38. The molecule has 1 aromatic carbocycles. The summed E-state index contributed by atoms with van der Waals surface area (Å²) in [7, 11) is 0. The largest absolute Gasteiger partial charge is 0.436 e. The molecule has 2 rings (SSSR count). The Labute approximate surface area is 108 Å². The van der Waals surface area contributed by atoms with Crippen LogP contribution in [-0.2, 0) is 0 Å². The number of carbonyl (C=O) groups is 1. The number of hydrogen-bond donors (Lipinski definition) is 0. The molecule has 0 saturated carbocycles. The second kappa shape index (κ2) is 5.14. The lowest BCUT2D eigenvalue weighted by Gasteiger charge is -2.06. The zero-order valence-corrected chi connectivity index (χ0v) is 10.2. The second-order valence-electron chi connectivity index (χ2n) is 3.60. The van der Waals surface area contributed by atoms with Gasteiger partial charge in [0.05, 0.1) is 5.02 Å². The van der Waals surface area contributed by atoms with Crippen molar-refractivity contribution in [2.24, 2.45) is 0 Å². The number of hydrogen-bond acceptors (Lipinski definition) is 3. The van der Waals surface area contributed by atoms with E-state index in [1.54, 1.807) is 12.1 Å². The number of nitrogens with zero attached hydrogens (tertiary/aromatic N) is 1. The Kier molecular flexibility index (Phi) is 3.58. The molecule has 1 heterocycles. The van der Waals surface area contributed by atoms with E-state index in [0.717, 1.165) is 0 Å². The number of halogens is 2. The highest BCUT2D eigenvalue weighted by Crippen LogP contribution is 2.27. The molecule has 1 aromatic heterocycles. The molecule has 0 bridgehead atoms. The zero-order chi connectivity index (χ0) is 13.1. The summed E-state index contributed by atoms with van der Waals surface area (Å²) in [5, 5.41) is -0.0205. The normalized spacial score (nSPS) is 10.2. The number of benzene rings is 1. The van der Waals surface area contributed by atoms with Gasteiger partial charge in [0.1, 0.15) is 0 Å². The summed E-state index contributed by atoms with van der Waals surface area (Å²) >= 11 is 5.63. The van der Waals surface area contributed by atoms with E-state index in [9.17, 15) is 9.18 Å². The number of ether oxygens (including phenoxy) is 1. The molecule has 0 radical (unpaired) electrons. The molecule has 18 heavy (non-hydrogen) atoms. The van der Waals surface area contributed by atoms with E-state index in [2.05, 4.69) is 4.98 Å². The van der Waals surface area contributed by atoms with Gasteiger partial charge in [0.25, 0.3) is 0 Å². The van der Waals surface area contributed by atoms with Gasteiger partial charge in [-0.3, -0.25) is 4.79 Å². The third-order valence-corrected chi connectivity index (χ3v) is 2.57. The molecule has 92 valence electrons. The van der Waals surface area contributed by atoms with E-state index < -0.39 is 5.82 Å². The molecule has 5 heteroatoms. The minimum atomic E-state index is -0.642. The molecular formula is C13H9ClFNO2. The van der Waals surface area contributed by atoms with Crippen molar-refractivity contribution in [2.45, 2.75) is 6.92 Å². The minimum Gasteiger partial charge on any atom is -0.436 e. The van der Waals surface area contributed by atoms with Crippen LogP contribution in [0.1, 0.15) is 17.3 Å². The van der Waals surface area contributed by atoms with Crippen LogP contribution >= 0.6 is 11.6 Å². The van der Waals surface area contributed by atoms with Crippen LogP contribution in [0.15, 0.2) is 36.5 Å². The fraction of sp³-hybridized carbons (Fsp3) is 0.0769. The van der Waals surface area contributed by atoms with Crippen molar-refractivity contribution < 1.29 is 13.9 Å². The van der Waals surface area contributed by atoms with Crippen molar-refractivity contribution in [3.05, 3.63) is 52.9 Å². The number of aromatic nitrogens is 1. The average Bonchev–Trinajstić information content (AvgIpc) is 2.36.